The maximum absolute atomic E-state index is 12.5. The van der Waals surface area contributed by atoms with Crippen LogP contribution in [0.4, 0.5) is 18.0 Å². The molecule has 0 aliphatic carbocycles. The third-order valence-corrected chi connectivity index (χ3v) is 3.66. The molecule has 0 saturated carbocycles. The van der Waals surface area contributed by atoms with Crippen molar-refractivity contribution in [2.45, 2.75) is 19.0 Å². The molecule has 0 spiro atoms. The van der Waals surface area contributed by atoms with Crippen molar-refractivity contribution >= 4 is 6.09 Å². The van der Waals surface area contributed by atoms with Gasteiger partial charge in [-0.1, -0.05) is 12.1 Å². The molecule has 0 radical (unpaired) electrons. The van der Waals surface area contributed by atoms with Crippen molar-refractivity contribution in [3.8, 4) is 17.2 Å². The van der Waals surface area contributed by atoms with E-state index in [1.807, 2.05) is 0 Å². The van der Waals surface area contributed by atoms with E-state index in [4.69, 9.17) is 14.2 Å². The van der Waals surface area contributed by atoms with Crippen LogP contribution in [0.5, 0.6) is 17.2 Å². The summed E-state index contributed by atoms with van der Waals surface area (Å²) in [7, 11) is 3.17. The van der Waals surface area contributed by atoms with Crippen LogP contribution in [-0.2, 0) is 6.18 Å². The fraction of sp³-hybridized carbons (Fsp3) is 0.350. The lowest BCUT2D eigenvalue weighted by molar-refractivity contribution is -0.137. The van der Waals surface area contributed by atoms with Gasteiger partial charge in [0.2, 0.25) is 0 Å². The van der Waals surface area contributed by atoms with Gasteiger partial charge in [0.1, 0.15) is 5.75 Å². The first-order chi connectivity index (χ1) is 13.3. The first kappa shape index (κ1) is 21.4. The SMILES string of the molecule is CN(C)C(=O)Oc1ccccc1OCCCCOc1ccc(C(F)(F)F)cc1. The topological polar surface area (TPSA) is 48.0 Å². The highest BCUT2D eigenvalue weighted by Crippen LogP contribution is 2.30. The maximum atomic E-state index is 12.5. The minimum atomic E-state index is -4.35. The molecule has 0 aliphatic heterocycles. The lowest BCUT2D eigenvalue weighted by Crippen LogP contribution is -2.25. The summed E-state index contributed by atoms with van der Waals surface area (Å²) in [5.41, 5.74) is -0.707. The number of unbranched alkanes of at least 4 members (excludes halogenated alkanes) is 1. The number of halogens is 3. The van der Waals surface area contributed by atoms with Gasteiger partial charge >= 0.3 is 12.3 Å². The van der Waals surface area contributed by atoms with Crippen LogP contribution in [0.15, 0.2) is 48.5 Å². The summed E-state index contributed by atoms with van der Waals surface area (Å²) in [5.74, 6) is 1.18. The summed E-state index contributed by atoms with van der Waals surface area (Å²) in [4.78, 5) is 13.0. The molecule has 0 saturated heterocycles. The minimum absolute atomic E-state index is 0.335. The molecule has 0 unspecified atom stereocenters. The van der Waals surface area contributed by atoms with Crippen molar-refractivity contribution in [2.24, 2.45) is 0 Å². The van der Waals surface area contributed by atoms with Gasteiger partial charge < -0.3 is 19.1 Å². The van der Waals surface area contributed by atoms with Crippen LogP contribution in [0.25, 0.3) is 0 Å². The van der Waals surface area contributed by atoms with Crippen LogP contribution in [0.3, 0.4) is 0 Å². The third kappa shape index (κ3) is 6.68. The maximum Gasteiger partial charge on any atom is 0.416 e. The van der Waals surface area contributed by atoms with E-state index in [0.717, 1.165) is 12.1 Å². The molecular formula is C20H22F3NO4. The molecule has 5 nitrogen and oxygen atoms in total. The molecule has 0 aliphatic rings. The van der Waals surface area contributed by atoms with E-state index in [9.17, 15) is 18.0 Å². The normalized spacial score (nSPS) is 11.0. The summed E-state index contributed by atoms with van der Waals surface area (Å²) < 4.78 is 53.8. The minimum Gasteiger partial charge on any atom is -0.494 e. The van der Waals surface area contributed by atoms with Crippen molar-refractivity contribution in [2.75, 3.05) is 27.3 Å². The highest BCUT2D eigenvalue weighted by Gasteiger charge is 2.29. The summed E-state index contributed by atoms with van der Waals surface area (Å²) in [6.07, 6.45) is -3.54. The largest absolute Gasteiger partial charge is 0.494 e. The monoisotopic (exact) mass is 397 g/mol. The number of hydrogen-bond donors (Lipinski definition) is 0. The predicted octanol–water partition coefficient (Wildman–Crippen LogP) is 5.00. The van der Waals surface area contributed by atoms with Crippen LogP contribution in [0.2, 0.25) is 0 Å². The average Bonchev–Trinajstić information content (AvgIpc) is 2.65. The molecule has 0 fully saturated rings. The molecule has 152 valence electrons. The van der Waals surface area contributed by atoms with Crippen molar-refractivity contribution in [1.82, 2.24) is 4.90 Å². The number of hydrogen-bond acceptors (Lipinski definition) is 4. The second-order valence-corrected chi connectivity index (χ2v) is 6.14. The lowest BCUT2D eigenvalue weighted by Gasteiger charge is -2.14. The van der Waals surface area contributed by atoms with Crippen molar-refractivity contribution in [3.63, 3.8) is 0 Å². The van der Waals surface area contributed by atoms with Gasteiger partial charge in [-0.05, 0) is 49.2 Å². The first-order valence-corrected chi connectivity index (χ1v) is 8.68. The molecular weight excluding hydrogens is 375 g/mol. The van der Waals surface area contributed by atoms with Gasteiger partial charge in [-0.2, -0.15) is 13.2 Å². The standard InChI is InChI=1S/C20H22F3NO4/c1-24(2)19(25)28-18-8-4-3-7-17(18)27-14-6-5-13-26-16-11-9-15(10-12-16)20(21,22)23/h3-4,7-12H,5-6,13-14H2,1-2H3. The Morgan fingerprint density at radius 3 is 2.04 bits per heavy atom. The number of carbonyl (C=O) groups excluding carboxylic acids is 1. The summed E-state index contributed by atoms with van der Waals surface area (Å²) >= 11 is 0. The molecule has 8 heteroatoms. The number of para-hydroxylation sites is 2. The fourth-order valence-corrected chi connectivity index (χ4v) is 2.16. The van der Waals surface area contributed by atoms with Crippen molar-refractivity contribution in [3.05, 3.63) is 54.1 Å². The quantitative estimate of drug-likeness (QED) is 0.588. The zero-order chi connectivity index (χ0) is 20.6. The first-order valence-electron chi connectivity index (χ1n) is 8.68. The van der Waals surface area contributed by atoms with E-state index in [1.54, 1.807) is 38.4 Å². The van der Waals surface area contributed by atoms with Crippen molar-refractivity contribution in [1.29, 1.82) is 0 Å². The number of amides is 1. The molecule has 2 aromatic rings. The van der Waals surface area contributed by atoms with E-state index in [1.165, 1.54) is 17.0 Å². The van der Waals surface area contributed by atoms with Gasteiger partial charge in [0.15, 0.2) is 11.5 Å². The van der Waals surface area contributed by atoms with E-state index < -0.39 is 17.8 Å². The van der Waals surface area contributed by atoms with Gasteiger partial charge in [-0.25, -0.2) is 4.79 Å². The molecule has 0 bridgehead atoms. The Kier molecular flexibility index (Phi) is 7.54. The number of nitrogens with zero attached hydrogens (tertiary/aromatic N) is 1. The predicted molar refractivity (Wildman–Crippen MR) is 97.8 cm³/mol. The fourth-order valence-electron chi connectivity index (χ4n) is 2.16. The lowest BCUT2D eigenvalue weighted by atomic mass is 10.2. The van der Waals surface area contributed by atoms with Gasteiger partial charge in [-0.3, -0.25) is 0 Å². The summed E-state index contributed by atoms with van der Waals surface area (Å²) in [6.45, 7) is 0.735. The molecule has 2 aromatic carbocycles. The second-order valence-electron chi connectivity index (χ2n) is 6.14. The zero-order valence-corrected chi connectivity index (χ0v) is 15.7. The summed E-state index contributed by atoms with van der Waals surface area (Å²) in [5, 5.41) is 0. The second kappa shape index (κ2) is 9.87. The van der Waals surface area contributed by atoms with E-state index >= 15 is 0 Å². The van der Waals surface area contributed by atoms with Gasteiger partial charge in [0, 0.05) is 14.1 Å². The Morgan fingerprint density at radius 1 is 0.893 bits per heavy atom. The highest BCUT2D eigenvalue weighted by molar-refractivity contribution is 5.71. The van der Waals surface area contributed by atoms with Gasteiger partial charge in [0.25, 0.3) is 0 Å². The van der Waals surface area contributed by atoms with E-state index in [-0.39, 0.29) is 0 Å². The highest BCUT2D eigenvalue weighted by atomic mass is 19.4. The smallest absolute Gasteiger partial charge is 0.416 e. The van der Waals surface area contributed by atoms with Crippen LogP contribution in [0, 0.1) is 0 Å². The Bertz CT molecular complexity index is 761. The molecule has 0 heterocycles. The van der Waals surface area contributed by atoms with Crippen molar-refractivity contribution < 1.29 is 32.2 Å². The Labute approximate surface area is 161 Å². The number of ether oxygens (including phenoxy) is 3. The van der Waals surface area contributed by atoms with E-state index in [0.29, 0.717) is 43.3 Å². The van der Waals surface area contributed by atoms with Gasteiger partial charge in [0.05, 0.1) is 18.8 Å². The summed E-state index contributed by atoms with van der Waals surface area (Å²) in [6, 6.07) is 11.4. The molecule has 1 amide bonds. The zero-order valence-electron chi connectivity index (χ0n) is 15.7. The van der Waals surface area contributed by atoms with Crippen LogP contribution in [-0.4, -0.2) is 38.3 Å². The Hall–Kier alpha value is -2.90. The molecule has 0 aromatic heterocycles. The van der Waals surface area contributed by atoms with Crippen LogP contribution in [0.1, 0.15) is 18.4 Å². The Morgan fingerprint density at radius 2 is 1.46 bits per heavy atom. The number of benzene rings is 2. The number of rotatable bonds is 8. The van der Waals surface area contributed by atoms with E-state index in [2.05, 4.69) is 0 Å². The Balaban J connectivity index is 1.72. The molecule has 2 rings (SSSR count). The molecule has 0 atom stereocenters. The number of alkyl halides is 3. The molecule has 28 heavy (non-hydrogen) atoms. The number of carbonyl (C=O) groups is 1. The van der Waals surface area contributed by atoms with Crippen LogP contribution < -0.4 is 14.2 Å². The van der Waals surface area contributed by atoms with Crippen LogP contribution >= 0.6 is 0 Å². The van der Waals surface area contributed by atoms with Gasteiger partial charge in [-0.15, -0.1) is 0 Å². The molecule has 0 N–H and O–H groups in total. The third-order valence-electron chi connectivity index (χ3n) is 3.66. The average molecular weight is 397 g/mol.